The molecule has 31 heavy (non-hydrogen) atoms. The molecule has 0 spiro atoms. The van der Waals surface area contributed by atoms with E-state index in [9.17, 15) is 8.42 Å². The van der Waals surface area contributed by atoms with Gasteiger partial charge in [0.2, 0.25) is 10.0 Å². The molecule has 3 aromatic rings. The molecular weight excluding hydrogens is 414 g/mol. The van der Waals surface area contributed by atoms with Crippen LogP contribution >= 0.6 is 0 Å². The van der Waals surface area contributed by atoms with Gasteiger partial charge in [-0.2, -0.15) is 4.31 Å². The number of anilines is 1. The minimum Gasteiger partial charge on any atom is -0.374 e. The minimum absolute atomic E-state index is 0.220. The van der Waals surface area contributed by atoms with E-state index in [0.717, 1.165) is 59.3 Å². The zero-order valence-electron chi connectivity index (χ0n) is 17.0. The molecule has 4 aliphatic rings. The molecule has 7 rings (SSSR count). The van der Waals surface area contributed by atoms with Gasteiger partial charge in [-0.15, -0.1) is 0 Å². The molecule has 5 heterocycles. The Morgan fingerprint density at radius 3 is 2.77 bits per heavy atom. The second-order valence-electron chi connectivity index (χ2n) is 9.05. The van der Waals surface area contributed by atoms with E-state index in [0.29, 0.717) is 31.6 Å². The fraction of sp³-hybridized carbons (Fsp3) is 0.455. The van der Waals surface area contributed by atoms with Crippen molar-refractivity contribution in [3.63, 3.8) is 0 Å². The highest BCUT2D eigenvalue weighted by Crippen LogP contribution is 2.41. The Labute approximate surface area is 180 Å². The van der Waals surface area contributed by atoms with E-state index in [-0.39, 0.29) is 11.4 Å². The summed E-state index contributed by atoms with van der Waals surface area (Å²) in [4.78, 5) is 15.5. The Balaban J connectivity index is 1.37. The molecule has 1 saturated carbocycles. The summed E-state index contributed by atoms with van der Waals surface area (Å²) >= 11 is 0. The van der Waals surface area contributed by atoms with Gasteiger partial charge in [-0.3, -0.25) is 0 Å². The average molecular weight is 438 g/mol. The maximum absolute atomic E-state index is 13.0. The van der Waals surface area contributed by atoms with Gasteiger partial charge in [-0.25, -0.2) is 18.4 Å². The van der Waals surface area contributed by atoms with Crippen molar-refractivity contribution in [1.29, 1.82) is 0 Å². The van der Waals surface area contributed by atoms with Crippen molar-refractivity contribution in [2.75, 3.05) is 18.1 Å². The maximum Gasteiger partial charge on any atom is 0.217 e. The van der Waals surface area contributed by atoms with Crippen LogP contribution < -0.4 is 4.90 Å². The molecule has 3 aliphatic heterocycles. The third kappa shape index (κ3) is 2.69. The Morgan fingerprint density at radius 2 is 2.00 bits per heavy atom. The van der Waals surface area contributed by atoms with Crippen molar-refractivity contribution >= 4 is 26.7 Å². The number of nitrogens with zero attached hydrogens (tertiary/aromatic N) is 4. The lowest BCUT2D eigenvalue weighted by molar-refractivity contribution is 0.0988. The number of rotatable bonds is 4. The first-order chi connectivity index (χ1) is 15.1. The summed E-state index contributed by atoms with van der Waals surface area (Å²) in [7, 11) is -3.27. The van der Waals surface area contributed by atoms with Crippen LogP contribution in [0.25, 0.3) is 22.3 Å². The Hall–Kier alpha value is -2.49. The highest BCUT2D eigenvalue weighted by Gasteiger charge is 2.46. The van der Waals surface area contributed by atoms with Crippen molar-refractivity contribution in [3.8, 4) is 11.4 Å². The van der Waals surface area contributed by atoms with Gasteiger partial charge >= 0.3 is 0 Å². The van der Waals surface area contributed by atoms with Crippen LogP contribution in [0.1, 0.15) is 30.5 Å². The number of H-pyrrole nitrogens is 1. The van der Waals surface area contributed by atoms with E-state index in [1.807, 2.05) is 24.4 Å². The standard InChI is InChI=1S/C22H23N5O3S/c28-31(29,15-5-6-15)26-10-18-20(11-26)24-21(17-8-23-19-4-2-1-3-16(17)19)25-22(18)27-9-14-7-13(27)12-30-14/h1-4,8,13-15,23H,5-7,9-12H2. The van der Waals surface area contributed by atoms with Crippen molar-refractivity contribution in [2.24, 2.45) is 0 Å². The van der Waals surface area contributed by atoms with Gasteiger partial charge in [0, 0.05) is 41.3 Å². The minimum atomic E-state index is -3.27. The van der Waals surface area contributed by atoms with E-state index in [1.165, 1.54) is 0 Å². The fourth-order valence-corrected chi connectivity index (χ4v) is 7.00. The third-order valence-electron chi connectivity index (χ3n) is 7.04. The number of sulfonamides is 1. The van der Waals surface area contributed by atoms with Crippen LogP contribution in [0.2, 0.25) is 0 Å². The number of fused-ring (bicyclic) bond motifs is 4. The molecule has 3 fully saturated rings. The van der Waals surface area contributed by atoms with Crippen LogP contribution in [0.3, 0.4) is 0 Å². The van der Waals surface area contributed by atoms with Crippen LogP contribution in [0.4, 0.5) is 5.82 Å². The first-order valence-electron chi connectivity index (χ1n) is 10.9. The van der Waals surface area contributed by atoms with E-state index in [1.54, 1.807) is 4.31 Å². The van der Waals surface area contributed by atoms with Gasteiger partial charge in [-0.1, -0.05) is 18.2 Å². The highest BCUT2D eigenvalue weighted by atomic mass is 32.2. The predicted molar refractivity (Wildman–Crippen MR) is 116 cm³/mol. The second kappa shape index (κ2) is 6.27. The monoisotopic (exact) mass is 437 g/mol. The van der Waals surface area contributed by atoms with Gasteiger partial charge in [0.15, 0.2) is 5.82 Å². The van der Waals surface area contributed by atoms with Gasteiger partial charge in [0.25, 0.3) is 0 Å². The van der Waals surface area contributed by atoms with Crippen molar-refractivity contribution in [1.82, 2.24) is 19.3 Å². The average Bonchev–Trinajstić information content (AvgIpc) is 3.13. The van der Waals surface area contributed by atoms with Crippen LogP contribution in [-0.2, 0) is 27.8 Å². The van der Waals surface area contributed by atoms with Crippen LogP contribution in [0, 0.1) is 0 Å². The zero-order valence-corrected chi connectivity index (χ0v) is 17.8. The summed E-state index contributed by atoms with van der Waals surface area (Å²) < 4.78 is 33.3. The first-order valence-corrected chi connectivity index (χ1v) is 12.4. The predicted octanol–water partition coefficient (Wildman–Crippen LogP) is 2.41. The molecule has 9 heteroatoms. The number of aromatic amines is 1. The fourth-order valence-electron chi connectivity index (χ4n) is 5.24. The number of benzene rings is 1. The number of para-hydroxylation sites is 1. The topological polar surface area (TPSA) is 91.4 Å². The second-order valence-corrected chi connectivity index (χ2v) is 11.3. The first kappa shape index (κ1) is 18.1. The number of hydrogen-bond donors (Lipinski definition) is 1. The van der Waals surface area contributed by atoms with Crippen LogP contribution in [0.15, 0.2) is 30.5 Å². The number of nitrogens with one attached hydrogen (secondary N) is 1. The number of ether oxygens (including phenoxy) is 1. The molecule has 160 valence electrons. The summed E-state index contributed by atoms with van der Waals surface area (Å²) in [6, 6.07) is 8.41. The molecule has 2 bridgehead atoms. The molecule has 2 unspecified atom stereocenters. The van der Waals surface area contributed by atoms with Gasteiger partial charge in [0.1, 0.15) is 5.82 Å². The normalized spacial score (nSPS) is 25.6. The Morgan fingerprint density at radius 1 is 1.13 bits per heavy atom. The number of morpholine rings is 1. The zero-order chi connectivity index (χ0) is 20.7. The van der Waals surface area contributed by atoms with E-state index < -0.39 is 10.0 Å². The highest BCUT2D eigenvalue weighted by molar-refractivity contribution is 7.90. The van der Waals surface area contributed by atoms with E-state index in [2.05, 4.69) is 16.0 Å². The van der Waals surface area contributed by atoms with Crippen LogP contribution in [-0.4, -0.2) is 58.2 Å². The summed E-state index contributed by atoms with van der Waals surface area (Å²) in [6.45, 7) is 2.21. The van der Waals surface area contributed by atoms with Crippen molar-refractivity contribution in [3.05, 3.63) is 41.7 Å². The Bertz CT molecular complexity index is 1320. The molecule has 2 aromatic heterocycles. The number of hydrogen-bond acceptors (Lipinski definition) is 6. The lowest BCUT2D eigenvalue weighted by Gasteiger charge is -2.29. The van der Waals surface area contributed by atoms with Gasteiger partial charge in [0.05, 0.1) is 36.2 Å². The van der Waals surface area contributed by atoms with Gasteiger partial charge in [-0.05, 0) is 25.3 Å². The molecule has 0 amide bonds. The van der Waals surface area contributed by atoms with Crippen molar-refractivity contribution in [2.45, 2.75) is 49.7 Å². The van der Waals surface area contributed by atoms with E-state index in [4.69, 9.17) is 14.7 Å². The molecule has 1 N–H and O–H groups in total. The smallest absolute Gasteiger partial charge is 0.217 e. The summed E-state index contributed by atoms with van der Waals surface area (Å²) in [5.74, 6) is 1.54. The summed E-state index contributed by atoms with van der Waals surface area (Å²) in [6.07, 6.45) is 4.72. The number of aromatic nitrogens is 3. The Kier molecular flexibility index (Phi) is 3.67. The van der Waals surface area contributed by atoms with Gasteiger partial charge < -0.3 is 14.6 Å². The summed E-state index contributed by atoms with van der Waals surface area (Å²) in [5, 5.41) is 0.850. The molecule has 8 nitrogen and oxygen atoms in total. The molecular formula is C22H23N5O3S. The van der Waals surface area contributed by atoms with E-state index >= 15 is 0 Å². The maximum atomic E-state index is 13.0. The molecule has 1 aliphatic carbocycles. The lowest BCUT2D eigenvalue weighted by atomic mass is 10.1. The molecule has 2 saturated heterocycles. The lowest BCUT2D eigenvalue weighted by Crippen LogP contribution is -2.38. The third-order valence-corrected chi connectivity index (χ3v) is 9.33. The molecule has 0 radical (unpaired) electrons. The SMILES string of the molecule is O=S(=O)(C1CC1)N1Cc2nc(-c3c[nH]c4ccccc34)nc(N3CC4CC3CO4)c2C1. The quantitative estimate of drug-likeness (QED) is 0.674. The van der Waals surface area contributed by atoms with Crippen molar-refractivity contribution < 1.29 is 13.2 Å². The largest absolute Gasteiger partial charge is 0.374 e. The molecule has 1 aromatic carbocycles. The summed E-state index contributed by atoms with van der Waals surface area (Å²) in [5.41, 5.74) is 3.78. The molecule has 2 atom stereocenters. The van der Waals surface area contributed by atoms with Crippen LogP contribution in [0.5, 0.6) is 0 Å².